The second-order valence-corrected chi connectivity index (χ2v) is 5.76. The van der Waals surface area contributed by atoms with E-state index < -0.39 is 12.0 Å². The molecule has 108 valence electrons. The van der Waals surface area contributed by atoms with E-state index in [4.69, 9.17) is 9.84 Å². The third-order valence-electron chi connectivity index (χ3n) is 3.97. The van der Waals surface area contributed by atoms with Crippen molar-refractivity contribution in [2.45, 2.75) is 57.6 Å². The minimum absolute atomic E-state index is 0.131. The predicted molar refractivity (Wildman–Crippen MR) is 69.7 cm³/mol. The van der Waals surface area contributed by atoms with Crippen molar-refractivity contribution in [3.8, 4) is 0 Å². The molecule has 0 aromatic heterocycles. The maximum absolute atomic E-state index is 11.8. The summed E-state index contributed by atoms with van der Waals surface area (Å²) in [6.45, 7) is 2.68. The molecule has 0 spiro atoms. The minimum Gasteiger partial charge on any atom is -0.480 e. The Morgan fingerprint density at radius 3 is 2.53 bits per heavy atom. The highest BCUT2D eigenvalue weighted by atomic mass is 16.5. The smallest absolute Gasteiger partial charge is 0.326 e. The zero-order valence-corrected chi connectivity index (χ0v) is 11.4. The Morgan fingerprint density at radius 1 is 1.32 bits per heavy atom. The average molecular weight is 269 g/mol. The highest BCUT2D eigenvalue weighted by molar-refractivity contribution is 5.83. The number of nitrogens with one attached hydrogen (secondary N) is 1. The first-order valence-corrected chi connectivity index (χ1v) is 7.22. The highest BCUT2D eigenvalue weighted by Gasteiger charge is 2.33. The van der Waals surface area contributed by atoms with Crippen LogP contribution >= 0.6 is 0 Å². The number of carbonyl (C=O) groups is 2. The SMILES string of the molecule is CCOC1CC(CC(=O)N[C@@H](CC2CC2)C(=O)O)C1. The van der Waals surface area contributed by atoms with Crippen LogP contribution in [-0.4, -0.2) is 35.7 Å². The Balaban J connectivity index is 1.66. The van der Waals surface area contributed by atoms with Crippen molar-refractivity contribution in [1.29, 1.82) is 0 Å². The summed E-state index contributed by atoms with van der Waals surface area (Å²) in [5.41, 5.74) is 0. The Bertz CT molecular complexity index is 334. The standard InChI is InChI=1S/C14H23NO4/c1-2-19-11-5-10(6-11)8-13(16)15-12(14(17)18)7-9-3-4-9/h9-12H,2-8H2,1H3,(H,15,16)(H,17,18)/t10?,11?,12-/m0/s1. The number of rotatable bonds is 8. The van der Waals surface area contributed by atoms with Gasteiger partial charge in [-0.1, -0.05) is 12.8 Å². The summed E-state index contributed by atoms with van der Waals surface area (Å²) in [6.07, 6.45) is 5.33. The highest BCUT2D eigenvalue weighted by Crippen LogP contribution is 2.34. The van der Waals surface area contributed by atoms with E-state index in [2.05, 4.69) is 5.32 Å². The molecule has 0 aromatic carbocycles. The van der Waals surface area contributed by atoms with E-state index >= 15 is 0 Å². The lowest BCUT2D eigenvalue weighted by Crippen LogP contribution is -2.43. The Hall–Kier alpha value is -1.10. The molecule has 2 aliphatic carbocycles. The Morgan fingerprint density at radius 2 is 2.00 bits per heavy atom. The zero-order chi connectivity index (χ0) is 13.8. The van der Waals surface area contributed by atoms with Gasteiger partial charge in [0.2, 0.25) is 5.91 Å². The van der Waals surface area contributed by atoms with Crippen molar-refractivity contribution < 1.29 is 19.4 Å². The molecule has 19 heavy (non-hydrogen) atoms. The van der Waals surface area contributed by atoms with Crippen molar-refractivity contribution in [3.63, 3.8) is 0 Å². The topological polar surface area (TPSA) is 75.6 Å². The molecule has 1 amide bonds. The third-order valence-corrected chi connectivity index (χ3v) is 3.97. The molecule has 0 radical (unpaired) electrons. The van der Waals surface area contributed by atoms with Gasteiger partial charge >= 0.3 is 5.97 Å². The molecule has 2 rings (SSSR count). The second kappa shape index (κ2) is 6.37. The Kier molecular flexibility index (Phi) is 4.80. The molecule has 0 bridgehead atoms. The van der Waals surface area contributed by atoms with E-state index in [1.54, 1.807) is 0 Å². The van der Waals surface area contributed by atoms with Crippen molar-refractivity contribution in [3.05, 3.63) is 0 Å². The van der Waals surface area contributed by atoms with Crippen LogP contribution in [0.3, 0.4) is 0 Å². The molecule has 1 atom stereocenters. The van der Waals surface area contributed by atoms with Gasteiger partial charge < -0.3 is 15.2 Å². The van der Waals surface area contributed by atoms with Gasteiger partial charge in [-0.05, 0) is 38.0 Å². The van der Waals surface area contributed by atoms with E-state index in [1.807, 2.05) is 6.92 Å². The normalized spacial score (nSPS) is 27.4. The molecule has 2 aliphatic rings. The van der Waals surface area contributed by atoms with E-state index in [1.165, 1.54) is 0 Å². The number of aliphatic carboxylic acids is 1. The molecular formula is C14H23NO4. The number of amides is 1. The quantitative estimate of drug-likeness (QED) is 0.701. The fourth-order valence-electron chi connectivity index (χ4n) is 2.64. The summed E-state index contributed by atoms with van der Waals surface area (Å²) in [7, 11) is 0. The predicted octanol–water partition coefficient (Wildman–Crippen LogP) is 1.56. The van der Waals surface area contributed by atoms with E-state index in [-0.39, 0.29) is 5.91 Å². The maximum Gasteiger partial charge on any atom is 0.326 e. The first-order chi connectivity index (χ1) is 9.08. The molecule has 0 aliphatic heterocycles. The van der Waals surface area contributed by atoms with Crippen LogP contribution in [0.4, 0.5) is 0 Å². The largest absolute Gasteiger partial charge is 0.480 e. The number of carbonyl (C=O) groups excluding carboxylic acids is 1. The van der Waals surface area contributed by atoms with E-state index in [0.717, 1.165) is 25.7 Å². The summed E-state index contributed by atoms with van der Waals surface area (Å²) in [6, 6.07) is -0.706. The summed E-state index contributed by atoms with van der Waals surface area (Å²) in [4.78, 5) is 22.9. The molecule has 5 nitrogen and oxygen atoms in total. The van der Waals surface area contributed by atoms with Crippen LogP contribution in [0, 0.1) is 11.8 Å². The van der Waals surface area contributed by atoms with Crippen LogP contribution in [0.5, 0.6) is 0 Å². The third kappa shape index (κ3) is 4.49. The second-order valence-electron chi connectivity index (χ2n) is 5.76. The molecule has 5 heteroatoms. The molecule has 0 aromatic rings. The van der Waals surface area contributed by atoms with Gasteiger partial charge in [-0.3, -0.25) is 4.79 Å². The number of hydrogen-bond donors (Lipinski definition) is 2. The number of carboxylic acids is 1. The van der Waals surface area contributed by atoms with Gasteiger partial charge in [-0.15, -0.1) is 0 Å². The van der Waals surface area contributed by atoms with Crippen molar-refractivity contribution in [2.24, 2.45) is 11.8 Å². The number of ether oxygens (including phenoxy) is 1. The van der Waals surface area contributed by atoms with Crippen LogP contribution in [0.15, 0.2) is 0 Å². The van der Waals surface area contributed by atoms with Crippen LogP contribution in [0.25, 0.3) is 0 Å². The molecule has 2 N–H and O–H groups in total. The summed E-state index contributed by atoms with van der Waals surface area (Å²) < 4.78 is 5.44. The monoisotopic (exact) mass is 269 g/mol. The summed E-state index contributed by atoms with van der Waals surface area (Å²) in [5, 5.41) is 11.7. The maximum atomic E-state index is 11.8. The number of carboxylic acid groups (broad SMARTS) is 1. The Labute approximate surface area is 113 Å². The van der Waals surface area contributed by atoms with E-state index in [0.29, 0.717) is 37.4 Å². The van der Waals surface area contributed by atoms with Gasteiger partial charge in [0.05, 0.1) is 6.10 Å². The number of hydrogen-bond acceptors (Lipinski definition) is 3. The lowest BCUT2D eigenvalue weighted by atomic mass is 9.80. The van der Waals surface area contributed by atoms with Crippen LogP contribution in [0.1, 0.15) is 45.4 Å². The van der Waals surface area contributed by atoms with Gasteiger partial charge in [-0.25, -0.2) is 4.79 Å². The first-order valence-electron chi connectivity index (χ1n) is 7.22. The van der Waals surface area contributed by atoms with Crippen LogP contribution in [0.2, 0.25) is 0 Å². The van der Waals surface area contributed by atoms with Crippen LogP contribution in [-0.2, 0) is 14.3 Å². The van der Waals surface area contributed by atoms with E-state index in [9.17, 15) is 9.59 Å². The summed E-state index contributed by atoms with van der Waals surface area (Å²) >= 11 is 0. The molecule has 0 saturated heterocycles. The molecule has 0 heterocycles. The molecule has 0 unspecified atom stereocenters. The van der Waals surface area contributed by atoms with Crippen molar-refractivity contribution in [2.75, 3.05) is 6.61 Å². The van der Waals surface area contributed by atoms with Gasteiger partial charge in [0.25, 0.3) is 0 Å². The molecule has 2 fully saturated rings. The molecule has 2 saturated carbocycles. The minimum atomic E-state index is -0.916. The van der Waals surface area contributed by atoms with Crippen LogP contribution < -0.4 is 5.32 Å². The van der Waals surface area contributed by atoms with Crippen molar-refractivity contribution in [1.82, 2.24) is 5.32 Å². The van der Waals surface area contributed by atoms with Gasteiger partial charge in [0.1, 0.15) is 6.04 Å². The van der Waals surface area contributed by atoms with Gasteiger partial charge in [0.15, 0.2) is 0 Å². The van der Waals surface area contributed by atoms with Gasteiger partial charge in [-0.2, -0.15) is 0 Å². The molecular weight excluding hydrogens is 246 g/mol. The zero-order valence-electron chi connectivity index (χ0n) is 11.4. The van der Waals surface area contributed by atoms with Gasteiger partial charge in [0, 0.05) is 13.0 Å². The first kappa shape index (κ1) is 14.3. The fourth-order valence-corrected chi connectivity index (χ4v) is 2.64. The average Bonchev–Trinajstić information content (AvgIpc) is 3.09. The lowest BCUT2D eigenvalue weighted by molar-refractivity contribution is -0.142. The lowest BCUT2D eigenvalue weighted by Gasteiger charge is -2.34. The van der Waals surface area contributed by atoms with Crippen molar-refractivity contribution >= 4 is 11.9 Å². The fraction of sp³-hybridized carbons (Fsp3) is 0.857. The summed E-state index contributed by atoms with van der Waals surface area (Å²) in [5.74, 6) is -0.201.